The SMILES string of the molecule is CCc1cc2c([nH]1)CCCC2C(=O)n1nc(N)c2c1CCN(C(=O)O)C2. The van der Waals surface area contributed by atoms with Gasteiger partial charge in [0.1, 0.15) is 0 Å². The van der Waals surface area contributed by atoms with E-state index in [0.29, 0.717) is 18.5 Å². The fourth-order valence-electron chi connectivity index (χ4n) is 4.12. The van der Waals surface area contributed by atoms with Crippen LogP contribution in [0.3, 0.4) is 0 Å². The second-order valence-corrected chi connectivity index (χ2v) is 7.04. The summed E-state index contributed by atoms with van der Waals surface area (Å²) in [6.07, 6.45) is 3.09. The third kappa shape index (κ3) is 2.56. The maximum atomic E-state index is 13.3. The van der Waals surface area contributed by atoms with Crippen LogP contribution in [0, 0.1) is 0 Å². The quantitative estimate of drug-likeness (QED) is 0.761. The normalized spacial score (nSPS) is 19.1. The first kappa shape index (κ1) is 16.7. The molecule has 1 atom stereocenters. The van der Waals surface area contributed by atoms with Gasteiger partial charge >= 0.3 is 6.09 Å². The number of amides is 1. The van der Waals surface area contributed by atoms with Crippen LogP contribution in [0.5, 0.6) is 0 Å². The number of carbonyl (C=O) groups is 2. The highest BCUT2D eigenvalue weighted by Crippen LogP contribution is 2.35. The van der Waals surface area contributed by atoms with Crippen molar-refractivity contribution in [3.63, 3.8) is 0 Å². The number of aryl methyl sites for hydroxylation is 2. The molecule has 26 heavy (non-hydrogen) atoms. The van der Waals surface area contributed by atoms with Gasteiger partial charge < -0.3 is 20.7 Å². The van der Waals surface area contributed by atoms with Gasteiger partial charge in [0.25, 0.3) is 5.91 Å². The first-order valence-corrected chi connectivity index (χ1v) is 9.08. The van der Waals surface area contributed by atoms with E-state index in [0.717, 1.165) is 48.3 Å². The van der Waals surface area contributed by atoms with E-state index in [9.17, 15) is 14.7 Å². The number of nitrogens with zero attached hydrogens (tertiary/aromatic N) is 3. The number of hydrogen-bond acceptors (Lipinski definition) is 4. The van der Waals surface area contributed by atoms with Crippen LogP contribution >= 0.6 is 0 Å². The molecule has 0 bridgehead atoms. The Morgan fingerprint density at radius 1 is 1.42 bits per heavy atom. The first-order valence-electron chi connectivity index (χ1n) is 9.08. The number of fused-ring (bicyclic) bond motifs is 2. The first-order chi connectivity index (χ1) is 12.5. The molecule has 0 aromatic carbocycles. The molecule has 1 amide bonds. The molecule has 2 aromatic rings. The van der Waals surface area contributed by atoms with Gasteiger partial charge in [0.2, 0.25) is 0 Å². The Kier molecular flexibility index (Phi) is 3.97. The molecule has 1 aliphatic carbocycles. The molecule has 2 aliphatic rings. The summed E-state index contributed by atoms with van der Waals surface area (Å²) in [7, 11) is 0. The summed E-state index contributed by atoms with van der Waals surface area (Å²) in [5.41, 5.74) is 10.8. The molecule has 0 saturated heterocycles. The van der Waals surface area contributed by atoms with Crippen LogP contribution in [0.25, 0.3) is 0 Å². The van der Waals surface area contributed by atoms with Crippen LogP contribution in [-0.4, -0.2) is 43.3 Å². The molecule has 1 aliphatic heterocycles. The summed E-state index contributed by atoms with van der Waals surface area (Å²) in [4.78, 5) is 29.2. The molecular formula is C18H23N5O3. The van der Waals surface area contributed by atoms with Crippen molar-refractivity contribution in [3.05, 3.63) is 34.3 Å². The maximum absolute atomic E-state index is 13.3. The molecule has 0 saturated carbocycles. The van der Waals surface area contributed by atoms with E-state index in [4.69, 9.17) is 5.73 Å². The summed E-state index contributed by atoms with van der Waals surface area (Å²) >= 11 is 0. The van der Waals surface area contributed by atoms with Crippen LogP contribution in [0.2, 0.25) is 0 Å². The number of aromatic amines is 1. The Labute approximate surface area is 151 Å². The third-order valence-electron chi connectivity index (χ3n) is 5.53. The van der Waals surface area contributed by atoms with Crippen molar-refractivity contribution >= 4 is 17.8 Å². The Balaban J connectivity index is 1.68. The molecule has 0 fully saturated rings. The average Bonchev–Trinajstić information content (AvgIpc) is 3.21. The number of rotatable bonds is 2. The number of anilines is 1. The fraction of sp³-hybridized carbons (Fsp3) is 0.500. The topological polar surface area (TPSA) is 117 Å². The monoisotopic (exact) mass is 357 g/mol. The predicted octanol–water partition coefficient (Wildman–Crippen LogP) is 2.15. The zero-order valence-electron chi connectivity index (χ0n) is 14.8. The van der Waals surface area contributed by atoms with Crippen molar-refractivity contribution in [2.45, 2.75) is 51.5 Å². The van der Waals surface area contributed by atoms with Gasteiger partial charge in [-0.1, -0.05) is 6.92 Å². The van der Waals surface area contributed by atoms with E-state index in [1.165, 1.54) is 9.58 Å². The molecule has 4 N–H and O–H groups in total. The van der Waals surface area contributed by atoms with E-state index in [2.05, 4.69) is 23.1 Å². The molecule has 8 nitrogen and oxygen atoms in total. The van der Waals surface area contributed by atoms with Crippen LogP contribution in [0.1, 0.15) is 58.7 Å². The minimum absolute atomic E-state index is 0.0654. The van der Waals surface area contributed by atoms with Crippen LogP contribution < -0.4 is 5.73 Å². The standard InChI is InChI=1S/C18H23N5O3/c1-2-10-8-12-11(4-3-5-14(12)20-10)17(24)23-15-6-7-22(18(25)26)9-13(15)16(19)21-23/h8,11,20H,2-7,9H2,1H3,(H2,19,21)(H,25,26). The van der Waals surface area contributed by atoms with Crippen molar-refractivity contribution in [2.75, 3.05) is 12.3 Å². The van der Waals surface area contributed by atoms with Gasteiger partial charge in [-0.2, -0.15) is 0 Å². The molecule has 4 rings (SSSR count). The van der Waals surface area contributed by atoms with E-state index in [1.54, 1.807) is 0 Å². The van der Waals surface area contributed by atoms with E-state index in [1.807, 2.05) is 0 Å². The fourth-order valence-corrected chi connectivity index (χ4v) is 4.12. The number of nitrogens with one attached hydrogen (secondary N) is 1. The molecule has 138 valence electrons. The van der Waals surface area contributed by atoms with E-state index in [-0.39, 0.29) is 24.2 Å². The van der Waals surface area contributed by atoms with Crippen molar-refractivity contribution < 1.29 is 14.7 Å². The Hall–Kier alpha value is -2.77. The predicted molar refractivity (Wildman–Crippen MR) is 95.3 cm³/mol. The van der Waals surface area contributed by atoms with E-state index < -0.39 is 6.09 Å². The zero-order valence-corrected chi connectivity index (χ0v) is 14.8. The lowest BCUT2D eigenvalue weighted by atomic mass is 9.86. The third-order valence-corrected chi connectivity index (χ3v) is 5.53. The van der Waals surface area contributed by atoms with Gasteiger partial charge in [-0.3, -0.25) is 4.79 Å². The van der Waals surface area contributed by atoms with Gasteiger partial charge in [0, 0.05) is 29.9 Å². The van der Waals surface area contributed by atoms with Crippen molar-refractivity contribution in [3.8, 4) is 0 Å². The van der Waals surface area contributed by atoms with Gasteiger partial charge in [-0.25, -0.2) is 9.48 Å². The second-order valence-electron chi connectivity index (χ2n) is 7.04. The molecule has 3 heterocycles. The van der Waals surface area contributed by atoms with Crippen molar-refractivity contribution in [2.24, 2.45) is 0 Å². The molecule has 8 heteroatoms. The van der Waals surface area contributed by atoms with E-state index >= 15 is 0 Å². The largest absolute Gasteiger partial charge is 0.465 e. The average molecular weight is 357 g/mol. The maximum Gasteiger partial charge on any atom is 0.407 e. The highest BCUT2D eigenvalue weighted by Gasteiger charge is 2.34. The number of H-pyrrole nitrogens is 1. The molecule has 2 aromatic heterocycles. The van der Waals surface area contributed by atoms with Gasteiger partial charge in [-0.05, 0) is 37.3 Å². The highest BCUT2D eigenvalue weighted by molar-refractivity contribution is 5.87. The summed E-state index contributed by atoms with van der Waals surface area (Å²) in [6.45, 7) is 2.62. The number of carbonyl (C=O) groups excluding carboxylic acids is 1. The van der Waals surface area contributed by atoms with Crippen molar-refractivity contribution in [1.82, 2.24) is 19.7 Å². The minimum atomic E-state index is -0.981. The molecular weight excluding hydrogens is 334 g/mol. The Morgan fingerprint density at radius 2 is 2.23 bits per heavy atom. The smallest absolute Gasteiger partial charge is 0.407 e. The lowest BCUT2D eigenvalue weighted by Crippen LogP contribution is -2.36. The molecule has 1 unspecified atom stereocenters. The number of hydrogen-bond donors (Lipinski definition) is 3. The Bertz CT molecular complexity index is 882. The van der Waals surface area contributed by atoms with Crippen LogP contribution in [0.4, 0.5) is 10.6 Å². The van der Waals surface area contributed by atoms with Crippen molar-refractivity contribution in [1.29, 1.82) is 0 Å². The Morgan fingerprint density at radius 3 is 2.96 bits per heavy atom. The number of aromatic nitrogens is 3. The number of carboxylic acid groups (broad SMARTS) is 1. The number of nitrogens with two attached hydrogens (primary N) is 1. The summed E-state index contributed by atoms with van der Waals surface area (Å²) < 4.78 is 1.43. The summed E-state index contributed by atoms with van der Waals surface area (Å²) in [5.74, 6) is -0.0424. The lowest BCUT2D eigenvalue weighted by Gasteiger charge is -2.26. The van der Waals surface area contributed by atoms with Gasteiger partial charge in [-0.15, -0.1) is 5.10 Å². The summed E-state index contributed by atoms with van der Waals surface area (Å²) in [5, 5.41) is 13.5. The molecule has 0 radical (unpaired) electrons. The zero-order chi connectivity index (χ0) is 18.4. The van der Waals surface area contributed by atoms with Crippen LogP contribution in [-0.2, 0) is 25.8 Å². The minimum Gasteiger partial charge on any atom is -0.465 e. The second kappa shape index (κ2) is 6.19. The number of nitrogen functional groups attached to an aromatic ring is 1. The summed E-state index contributed by atoms with van der Waals surface area (Å²) in [6, 6.07) is 2.10. The van der Waals surface area contributed by atoms with Gasteiger partial charge in [0.15, 0.2) is 5.82 Å². The lowest BCUT2D eigenvalue weighted by molar-refractivity contribution is 0.0846. The molecule has 0 spiro atoms. The highest BCUT2D eigenvalue weighted by atomic mass is 16.4. The van der Waals surface area contributed by atoms with Gasteiger partial charge in [0.05, 0.1) is 18.2 Å². The van der Waals surface area contributed by atoms with Crippen LogP contribution in [0.15, 0.2) is 6.07 Å².